The Balaban J connectivity index is 1.06. The average molecular weight is 977 g/mol. The predicted octanol–water partition coefficient (Wildman–Crippen LogP) is 18.1. The zero-order chi connectivity index (χ0) is 50.4. The molecule has 2 aliphatic rings. The van der Waals surface area contributed by atoms with Crippen LogP contribution >= 0.6 is 0 Å². The number of benzene rings is 10. The Morgan fingerprint density at radius 1 is 0.224 bits per heavy atom. The van der Waals surface area contributed by atoms with Gasteiger partial charge in [0.1, 0.15) is 0 Å². The summed E-state index contributed by atoms with van der Waals surface area (Å²) in [6.07, 6.45) is 0. The Morgan fingerprint density at radius 2 is 0.513 bits per heavy atom. The lowest BCUT2D eigenvalue weighted by Gasteiger charge is -2.36. The minimum Gasteiger partial charge on any atom is -0.453 e. The van der Waals surface area contributed by atoms with Crippen molar-refractivity contribution >= 4 is 34.1 Å². The Bertz CT molecular complexity index is 3670. The molecule has 0 unspecified atom stereocenters. The van der Waals surface area contributed by atoms with Gasteiger partial charge in [-0.3, -0.25) is 0 Å². The maximum Gasteiger partial charge on any atom is 0.160 e. The quantitative estimate of drug-likeness (QED) is 0.142. The van der Waals surface area contributed by atoms with E-state index >= 15 is 0 Å². The Morgan fingerprint density at radius 3 is 0.908 bits per heavy atom. The SMILES string of the molecule is c1ccc(-c2cc(-c3cc(-c4cc(N5c6ccccc6Oc6ccccc65)cc(N5c6ccccc6Oc6ccccc65)c4)cc(-c4nc(-c5ccccc5)cc(-c5ccccc5)n4)c3)nc(-c3ccccc3)n2)cc1. The third kappa shape index (κ3) is 8.26. The smallest absolute Gasteiger partial charge is 0.160 e. The van der Waals surface area contributed by atoms with E-state index in [1.807, 2.05) is 121 Å². The lowest BCUT2D eigenvalue weighted by atomic mass is 9.95. The van der Waals surface area contributed by atoms with Gasteiger partial charge in [0.05, 0.1) is 45.5 Å². The Kier molecular flexibility index (Phi) is 11.0. The van der Waals surface area contributed by atoms with Crippen molar-refractivity contribution in [2.45, 2.75) is 0 Å². The molecule has 0 atom stereocenters. The highest BCUT2D eigenvalue weighted by atomic mass is 16.5. The maximum atomic E-state index is 6.58. The van der Waals surface area contributed by atoms with Crippen LogP contribution in [0.1, 0.15) is 0 Å². The molecule has 8 nitrogen and oxygen atoms in total. The minimum absolute atomic E-state index is 0.576. The van der Waals surface area contributed by atoms with Crippen LogP contribution in [-0.4, -0.2) is 19.9 Å². The van der Waals surface area contributed by atoms with Gasteiger partial charge in [-0.25, -0.2) is 19.9 Å². The van der Waals surface area contributed by atoms with Gasteiger partial charge in [0, 0.05) is 44.8 Å². The lowest BCUT2D eigenvalue weighted by molar-refractivity contribution is 0.477. The Labute approximate surface area is 440 Å². The van der Waals surface area contributed by atoms with E-state index in [-0.39, 0.29) is 0 Å². The molecule has 0 fully saturated rings. The number of nitrogens with zero attached hydrogens (tertiary/aromatic N) is 6. The molecule has 0 saturated carbocycles. The molecule has 2 aliphatic heterocycles. The van der Waals surface area contributed by atoms with Crippen LogP contribution in [0, 0.1) is 0 Å². The van der Waals surface area contributed by atoms with E-state index in [0.29, 0.717) is 11.6 Å². The molecule has 0 amide bonds. The summed E-state index contributed by atoms with van der Waals surface area (Å²) in [5.41, 5.74) is 16.2. The number of hydrogen-bond donors (Lipinski definition) is 0. The molecule has 2 aromatic heterocycles. The number of ether oxygens (including phenoxy) is 2. The molecule has 12 aromatic rings. The van der Waals surface area contributed by atoms with E-state index in [0.717, 1.165) is 124 Å². The van der Waals surface area contributed by atoms with Crippen molar-refractivity contribution in [2.24, 2.45) is 0 Å². The number of anilines is 6. The number of fused-ring (bicyclic) bond motifs is 4. The summed E-state index contributed by atoms with van der Waals surface area (Å²) in [5.74, 6) is 4.24. The molecular weight excluding hydrogens is 933 g/mol. The Hall–Kier alpha value is -10.4. The molecule has 358 valence electrons. The van der Waals surface area contributed by atoms with Gasteiger partial charge in [-0.1, -0.05) is 170 Å². The highest BCUT2D eigenvalue weighted by molar-refractivity contribution is 5.94. The van der Waals surface area contributed by atoms with Crippen LogP contribution < -0.4 is 19.3 Å². The first kappa shape index (κ1) is 44.3. The van der Waals surface area contributed by atoms with Gasteiger partial charge >= 0.3 is 0 Å². The minimum atomic E-state index is 0.576. The van der Waals surface area contributed by atoms with Crippen LogP contribution in [0.15, 0.2) is 267 Å². The summed E-state index contributed by atoms with van der Waals surface area (Å²) in [7, 11) is 0. The second kappa shape index (κ2) is 18.9. The molecule has 0 bridgehead atoms. The summed E-state index contributed by atoms with van der Waals surface area (Å²) < 4.78 is 13.2. The van der Waals surface area contributed by atoms with E-state index in [9.17, 15) is 0 Å². The third-order valence-electron chi connectivity index (χ3n) is 13.8. The van der Waals surface area contributed by atoms with Gasteiger partial charge in [-0.15, -0.1) is 0 Å². The van der Waals surface area contributed by atoms with Crippen molar-refractivity contribution in [3.63, 3.8) is 0 Å². The van der Waals surface area contributed by atoms with E-state index in [1.54, 1.807) is 0 Å². The fourth-order valence-electron chi connectivity index (χ4n) is 10.2. The van der Waals surface area contributed by atoms with E-state index in [2.05, 4.69) is 155 Å². The number of hydrogen-bond acceptors (Lipinski definition) is 8. The number of para-hydroxylation sites is 8. The highest BCUT2D eigenvalue weighted by Gasteiger charge is 2.30. The van der Waals surface area contributed by atoms with Crippen molar-refractivity contribution in [3.8, 4) is 102 Å². The summed E-state index contributed by atoms with van der Waals surface area (Å²) >= 11 is 0. The van der Waals surface area contributed by atoms with E-state index in [4.69, 9.17) is 29.4 Å². The fraction of sp³-hybridized carbons (Fsp3) is 0. The molecular formula is C68H44N6O2. The maximum absolute atomic E-state index is 6.58. The summed E-state index contributed by atoms with van der Waals surface area (Å²) in [6.45, 7) is 0. The van der Waals surface area contributed by atoms with Crippen LogP contribution in [0.25, 0.3) is 78.9 Å². The monoisotopic (exact) mass is 976 g/mol. The van der Waals surface area contributed by atoms with Gasteiger partial charge in [0.2, 0.25) is 0 Å². The first-order valence-electron chi connectivity index (χ1n) is 25.3. The molecule has 8 heteroatoms. The van der Waals surface area contributed by atoms with Crippen molar-refractivity contribution in [1.29, 1.82) is 0 Å². The van der Waals surface area contributed by atoms with Crippen molar-refractivity contribution < 1.29 is 9.47 Å². The summed E-state index contributed by atoms with van der Waals surface area (Å²) in [4.78, 5) is 25.9. The molecule has 4 heterocycles. The van der Waals surface area contributed by atoms with Gasteiger partial charge in [0.15, 0.2) is 34.6 Å². The van der Waals surface area contributed by atoms with E-state index in [1.165, 1.54) is 0 Å². The van der Waals surface area contributed by atoms with Crippen LogP contribution in [0.3, 0.4) is 0 Å². The first-order valence-corrected chi connectivity index (χ1v) is 25.3. The topological polar surface area (TPSA) is 76.5 Å². The molecule has 0 radical (unpaired) electrons. The van der Waals surface area contributed by atoms with Gasteiger partial charge in [0.25, 0.3) is 0 Å². The molecule has 76 heavy (non-hydrogen) atoms. The van der Waals surface area contributed by atoms with Gasteiger partial charge < -0.3 is 19.3 Å². The van der Waals surface area contributed by atoms with Crippen LogP contribution in [0.4, 0.5) is 34.1 Å². The van der Waals surface area contributed by atoms with Crippen LogP contribution in [0.5, 0.6) is 23.0 Å². The molecule has 0 spiro atoms. The van der Waals surface area contributed by atoms with Crippen molar-refractivity contribution in [1.82, 2.24) is 19.9 Å². The molecule has 0 aliphatic carbocycles. The number of rotatable bonds is 9. The van der Waals surface area contributed by atoms with E-state index < -0.39 is 0 Å². The fourth-order valence-corrected chi connectivity index (χ4v) is 10.2. The lowest BCUT2D eigenvalue weighted by Crippen LogP contribution is -2.18. The van der Waals surface area contributed by atoms with Gasteiger partial charge in [-0.2, -0.15) is 0 Å². The third-order valence-corrected chi connectivity index (χ3v) is 13.8. The van der Waals surface area contributed by atoms with Gasteiger partial charge in [-0.05, 0) is 108 Å². The predicted molar refractivity (Wildman–Crippen MR) is 305 cm³/mol. The summed E-state index contributed by atoms with van der Waals surface area (Å²) in [6, 6.07) is 91.5. The first-order chi connectivity index (χ1) is 37.6. The second-order valence-corrected chi connectivity index (χ2v) is 18.7. The highest BCUT2D eigenvalue weighted by Crippen LogP contribution is 2.55. The molecule has 0 N–H and O–H groups in total. The number of aromatic nitrogens is 4. The van der Waals surface area contributed by atoms with Crippen LogP contribution in [0.2, 0.25) is 0 Å². The van der Waals surface area contributed by atoms with Crippen molar-refractivity contribution in [3.05, 3.63) is 267 Å². The zero-order valence-electron chi connectivity index (χ0n) is 40.9. The average Bonchev–Trinajstić information content (AvgIpc) is 3.56. The molecule has 0 saturated heterocycles. The summed E-state index contributed by atoms with van der Waals surface area (Å²) in [5, 5.41) is 0. The largest absolute Gasteiger partial charge is 0.453 e. The molecule has 14 rings (SSSR count). The zero-order valence-corrected chi connectivity index (χ0v) is 40.9. The normalized spacial score (nSPS) is 12.1. The van der Waals surface area contributed by atoms with Crippen molar-refractivity contribution in [2.75, 3.05) is 9.80 Å². The van der Waals surface area contributed by atoms with Crippen LogP contribution in [-0.2, 0) is 0 Å². The second-order valence-electron chi connectivity index (χ2n) is 18.7. The molecule has 10 aromatic carbocycles. The standard InChI is InChI=1S/C68H44N6O2/c1-5-21-45(22-6-1)55-43-56(46-23-7-2-8-24-46)71-68(70-55)52-38-49(37-51(39-52)58-44-57(47-25-9-3-10-26-47)69-67(72-58)48-27-11-4-12-28-48)50-40-53(73-59-29-13-17-33-63(59)75-64-34-18-14-30-60(64)73)42-54(41-50)74-61-31-15-19-35-65(61)76-66-36-20-16-32-62(66)74/h1-44H.